The molecule has 2 nitrogen and oxygen atoms in total. The highest BCUT2D eigenvalue weighted by Gasteiger charge is 2.09. The van der Waals surface area contributed by atoms with Crippen LogP contribution in [0.1, 0.15) is 19.8 Å². The Balaban J connectivity index is 2.22. The van der Waals surface area contributed by atoms with Crippen molar-refractivity contribution >= 4 is 11.6 Å². The third-order valence-electron chi connectivity index (χ3n) is 1.59. The first-order chi connectivity index (χ1) is 4.84. The summed E-state index contributed by atoms with van der Waals surface area (Å²) in [6.45, 7) is 4.12. The quantitative estimate of drug-likeness (QED) is 0.633. The molecule has 0 aliphatic carbocycles. The standard InChI is InChI=1S/C7H13ClN2/c1-2-3-4-10-6-9-5-7(10)8/h5,9H,2-4,6H2,1H3. The van der Waals surface area contributed by atoms with Crippen LogP contribution in [0, 0.1) is 0 Å². The van der Waals surface area contributed by atoms with Crippen LogP contribution in [0.3, 0.4) is 0 Å². The minimum atomic E-state index is 0.841. The first kappa shape index (κ1) is 7.73. The van der Waals surface area contributed by atoms with E-state index in [2.05, 4.69) is 17.1 Å². The molecule has 0 aromatic rings. The van der Waals surface area contributed by atoms with Crippen LogP contribution in [0.15, 0.2) is 11.4 Å². The Bertz CT molecular complexity index is 134. The average molecular weight is 161 g/mol. The Labute approximate surface area is 66.8 Å². The summed E-state index contributed by atoms with van der Waals surface area (Å²) in [5, 5.41) is 3.90. The van der Waals surface area contributed by atoms with Crippen LogP contribution < -0.4 is 5.32 Å². The molecule has 0 aromatic carbocycles. The van der Waals surface area contributed by atoms with Crippen LogP contribution >= 0.6 is 11.6 Å². The summed E-state index contributed by atoms with van der Waals surface area (Å²) >= 11 is 5.84. The fraction of sp³-hybridized carbons (Fsp3) is 0.714. The van der Waals surface area contributed by atoms with Gasteiger partial charge in [0, 0.05) is 12.7 Å². The van der Waals surface area contributed by atoms with E-state index in [9.17, 15) is 0 Å². The molecular formula is C7H13ClN2. The van der Waals surface area contributed by atoms with Gasteiger partial charge in [0.05, 0.1) is 6.67 Å². The summed E-state index contributed by atoms with van der Waals surface area (Å²) in [5.74, 6) is 0. The molecule has 1 rings (SSSR count). The van der Waals surface area contributed by atoms with E-state index in [-0.39, 0.29) is 0 Å². The van der Waals surface area contributed by atoms with Crippen molar-refractivity contribution in [3.63, 3.8) is 0 Å². The van der Waals surface area contributed by atoms with Crippen molar-refractivity contribution in [2.75, 3.05) is 13.2 Å². The van der Waals surface area contributed by atoms with E-state index < -0.39 is 0 Å². The van der Waals surface area contributed by atoms with Crippen molar-refractivity contribution < 1.29 is 0 Å². The summed E-state index contributed by atoms with van der Waals surface area (Å²) in [4.78, 5) is 2.13. The van der Waals surface area contributed by atoms with Gasteiger partial charge in [-0.15, -0.1) is 0 Å². The van der Waals surface area contributed by atoms with E-state index in [0.29, 0.717) is 0 Å². The van der Waals surface area contributed by atoms with Gasteiger partial charge in [-0.1, -0.05) is 24.9 Å². The van der Waals surface area contributed by atoms with Crippen molar-refractivity contribution in [1.82, 2.24) is 10.2 Å². The molecule has 0 bridgehead atoms. The number of nitrogens with zero attached hydrogens (tertiary/aromatic N) is 1. The molecule has 0 saturated carbocycles. The van der Waals surface area contributed by atoms with Crippen LogP contribution in [0.5, 0.6) is 0 Å². The number of hydrogen-bond donors (Lipinski definition) is 1. The number of hydrogen-bond acceptors (Lipinski definition) is 2. The van der Waals surface area contributed by atoms with E-state index in [1.165, 1.54) is 12.8 Å². The molecule has 0 saturated heterocycles. The Hall–Kier alpha value is -0.370. The lowest BCUT2D eigenvalue weighted by Crippen LogP contribution is -2.23. The number of nitrogens with one attached hydrogen (secondary N) is 1. The summed E-state index contributed by atoms with van der Waals surface area (Å²) < 4.78 is 0. The smallest absolute Gasteiger partial charge is 0.122 e. The molecular weight excluding hydrogens is 148 g/mol. The number of halogens is 1. The molecule has 1 N–H and O–H groups in total. The highest BCUT2D eigenvalue weighted by molar-refractivity contribution is 6.29. The van der Waals surface area contributed by atoms with Gasteiger partial charge >= 0.3 is 0 Å². The maximum Gasteiger partial charge on any atom is 0.122 e. The highest BCUT2D eigenvalue weighted by atomic mass is 35.5. The lowest BCUT2D eigenvalue weighted by molar-refractivity contribution is 0.373. The molecule has 1 aliphatic rings. The fourth-order valence-electron chi connectivity index (χ4n) is 0.942. The van der Waals surface area contributed by atoms with Gasteiger partial charge in [0.25, 0.3) is 0 Å². The summed E-state index contributed by atoms with van der Waals surface area (Å²) in [6.07, 6.45) is 4.28. The van der Waals surface area contributed by atoms with Crippen molar-refractivity contribution in [1.29, 1.82) is 0 Å². The van der Waals surface area contributed by atoms with Crippen molar-refractivity contribution in [3.05, 3.63) is 11.4 Å². The van der Waals surface area contributed by atoms with Gasteiger partial charge in [0.2, 0.25) is 0 Å². The minimum absolute atomic E-state index is 0.841. The maximum atomic E-state index is 5.84. The van der Waals surface area contributed by atoms with Gasteiger partial charge < -0.3 is 10.2 Å². The van der Waals surface area contributed by atoms with Gasteiger partial charge in [-0.3, -0.25) is 0 Å². The predicted octanol–water partition coefficient (Wildman–Crippen LogP) is 1.69. The second kappa shape index (κ2) is 3.71. The zero-order valence-corrected chi connectivity index (χ0v) is 6.99. The SMILES string of the molecule is CCCCN1CNC=C1Cl. The molecule has 0 spiro atoms. The van der Waals surface area contributed by atoms with E-state index in [0.717, 1.165) is 18.4 Å². The first-order valence-corrected chi connectivity index (χ1v) is 4.06. The lowest BCUT2D eigenvalue weighted by Gasteiger charge is -2.16. The molecule has 0 fully saturated rings. The second-order valence-electron chi connectivity index (χ2n) is 2.45. The van der Waals surface area contributed by atoms with Gasteiger partial charge in [0.15, 0.2) is 0 Å². The normalized spacial score (nSPS) is 17.0. The monoisotopic (exact) mass is 160 g/mol. The van der Waals surface area contributed by atoms with E-state index in [4.69, 9.17) is 11.6 Å². The van der Waals surface area contributed by atoms with E-state index in [1.807, 2.05) is 6.20 Å². The third-order valence-corrected chi connectivity index (χ3v) is 1.94. The van der Waals surface area contributed by atoms with Gasteiger partial charge in [-0.05, 0) is 6.42 Å². The van der Waals surface area contributed by atoms with Crippen LogP contribution in [-0.4, -0.2) is 18.1 Å². The number of unbranched alkanes of at least 4 members (excludes halogenated alkanes) is 1. The highest BCUT2D eigenvalue weighted by Crippen LogP contribution is 2.12. The zero-order valence-electron chi connectivity index (χ0n) is 6.23. The molecule has 0 aromatic heterocycles. The first-order valence-electron chi connectivity index (χ1n) is 3.68. The Morgan fingerprint density at radius 3 is 3.10 bits per heavy atom. The molecule has 0 radical (unpaired) electrons. The molecule has 0 atom stereocenters. The van der Waals surface area contributed by atoms with Crippen molar-refractivity contribution in [2.45, 2.75) is 19.8 Å². The molecule has 10 heavy (non-hydrogen) atoms. The Morgan fingerprint density at radius 2 is 2.60 bits per heavy atom. The summed E-state index contributed by atoms with van der Waals surface area (Å²) in [7, 11) is 0. The largest absolute Gasteiger partial charge is 0.371 e. The fourth-order valence-corrected chi connectivity index (χ4v) is 1.16. The van der Waals surface area contributed by atoms with Crippen LogP contribution in [-0.2, 0) is 0 Å². The van der Waals surface area contributed by atoms with Gasteiger partial charge in [-0.25, -0.2) is 0 Å². The summed E-state index contributed by atoms with van der Waals surface area (Å²) in [6, 6.07) is 0. The molecule has 3 heteroatoms. The molecule has 0 unspecified atom stereocenters. The molecule has 58 valence electrons. The predicted molar refractivity (Wildman–Crippen MR) is 43.6 cm³/mol. The summed E-state index contributed by atoms with van der Waals surface area (Å²) in [5.41, 5.74) is 0. The Morgan fingerprint density at radius 1 is 1.80 bits per heavy atom. The second-order valence-corrected chi connectivity index (χ2v) is 2.83. The minimum Gasteiger partial charge on any atom is -0.371 e. The topological polar surface area (TPSA) is 15.3 Å². The average Bonchev–Trinajstić information content (AvgIpc) is 2.31. The molecule has 1 heterocycles. The Kier molecular flexibility index (Phi) is 2.87. The van der Waals surface area contributed by atoms with Gasteiger partial charge in [-0.2, -0.15) is 0 Å². The lowest BCUT2D eigenvalue weighted by atomic mass is 10.3. The number of rotatable bonds is 3. The molecule has 0 amide bonds. The van der Waals surface area contributed by atoms with Crippen LogP contribution in [0.25, 0.3) is 0 Å². The maximum absolute atomic E-state index is 5.84. The van der Waals surface area contributed by atoms with Crippen LogP contribution in [0.4, 0.5) is 0 Å². The van der Waals surface area contributed by atoms with Crippen molar-refractivity contribution in [2.24, 2.45) is 0 Å². The van der Waals surface area contributed by atoms with E-state index >= 15 is 0 Å². The third kappa shape index (κ3) is 1.81. The zero-order chi connectivity index (χ0) is 7.40. The van der Waals surface area contributed by atoms with Crippen LogP contribution in [0.2, 0.25) is 0 Å². The molecule has 1 aliphatic heterocycles. The van der Waals surface area contributed by atoms with Crippen molar-refractivity contribution in [3.8, 4) is 0 Å². The van der Waals surface area contributed by atoms with Gasteiger partial charge in [0.1, 0.15) is 5.16 Å². The van der Waals surface area contributed by atoms with E-state index in [1.54, 1.807) is 0 Å².